The first-order chi connectivity index (χ1) is 13.1. The second-order valence-corrected chi connectivity index (χ2v) is 6.41. The van der Waals surface area contributed by atoms with E-state index < -0.39 is 0 Å². The summed E-state index contributed by atoms with van der Waals surface area (Å²) in [5, 5.41) is 11.4. The minimum absolute atomic E-state index is 0.222. The van der Waals surface area contributed by atoms with Crippen molar-refractivity contribution in [3.63, 3.8) is 0 Å². The second kappa shape index (κ2) is 6.91. The minimum atomic E-state index is 0.222. The lowest BCUT2D eigenvalue weighted by atomic mass is 10.1. The van der Waals surface area contributed by atoms with Crippen LogP contribution in [0.5, 0.6) is 0 Å². The molecule has 134 valence electrons. The van der Waals surface area contributed by atoms with Crippen molar-refractivity contribution in [2.45, 2.75) is 19.8 Å². The van der Waals surface area contributed by atoms with E-state index >= 15 is 0 Å². The highest BCUT2D eigenvalue weighted by Gasteiger charge is 2.07. The molecule has 3 N–H and O–H groups in total. The number of aromatic nitrogens is 6. The van der Waals surface area contributed by atoms with Crippen molar-refractivity contribution in [3.05, 3.63) is 54.5 Å². The van der Waals surface area contributed by atoms with Crippen LogP contribution in [-0.4, -0.2) is 30.1 Å². The Morgan fingerprint density at radius 1 is 0.926 bits per heavy atom. The average molecular weight is 358 g/mol. The van der Waals surface area contributed by atoms with Crippen molar-refractivity contribution in [3.8, 4) is 11.3 Å². The molecule has 4 heterocycles. The van der Waals surface area contributed by atoms with Crippen molar-refractivity contribution in [2.75, 3.05) is 11.1 Å². The van der Waals surface area contributed by atoms with E-state index in [1.165, 1.54) is 0 Å². The molecular weight excluding hydrogens is 340 g/mol. The van der Waals surface area contributed by atoms with Gasteiger partial charge in [0.2, 0.25) is 5.95 Å². The number of hydrogen-bond acceptors (Lipinski definition) is 8. The quantitative estimate of drug-likeness (QED) is 0.571. The maximum absolute atomic E-state index is 5.67. The van der Waals surface area contributed by atoms with Gasteiger partial charge in [-0.1, -0.05) is 13.8 Å². The topological polar surface area (TPSA) is 115 Å². The lowest BCUT2D eigenvalue weighted by Crippen LogP contribution is -2.00. The van der Waals surface area contributed by atoms with Gasteiger partial charge >= 0.3 is 0 Å². The zero-order chi connectivity index (χ0) is 18.8. The van der Waals surface area contributed by atoms with Gasteiger partial charge in [-0.05, 0) is 41.8 Å². The average Bonchev–Trinajstić information content (AvgIpc) is 2.67. The summed E-state index contributed by atoms with van der Waals surface area (Å²) in [7, 11) is 0. The third-order valence-electron chi connectivity index (χ3n) is 4.11. The Labute approximate surface area is 155 Å². The molecule has 8 heteroatoms. The van der Waals surface area contributed by atoms with Gasteiger partial charge in [0, 0.05) is 18.0 Å². The summed E-state index contributed by atoms with van der Waals surface area (Å²) in [5.74, 6) is 1.91. The van der Waals surface area contributed by atoms with Gasteiger partial charge in [0.25, 0.3) is 0 Å². The van der Waals surface area contributed by atoms with Crippen LogP contribution in [0.4, 0.5) is 17.6 Å². The second-order valence-electron chi connectivity index (χ2n) is 6.41. The monoisotopic (exact) mass is 358 g/mol. The molecule has 0 saturated heterocycles. The molecule has 4 aromatic rings. The van der Waals surface area contributed by atoms with Crippen LogP contribution in [0.1, 0.15) is 25.3 Å². The van der Waals surface area contributed by atoms with Gasteiger partial charge in [0.1, 0.15) is 5.82 Å². The summed E-state index contributed by atoms with van der Waals surface area (Å²) in [6.45, 7) is 4.23. The molecule has 0 unspecified atom stereocenters. The van der Waals surface area contributed by atoms with Crippen molar-refractivity contribution < 1.29 is 0 Å². The summed E-state index contributed by atoms with van der Waals surface area (Å²) in [5.41, 5.74) is 9.83. The van der Waals surface area contributed by atoms with E-state index in [4.69, 9.17) is 5.73 Å². The molecule has 0 fully saturated rings. The summed E-state index contributed by atoms with van der Waals surface area (Å²) in [4.78, 5) is 17.2. The van der Waals surface area contributed by atoms with Crippen molar-refractivity contribution in [1.82, 2.24) is 30.1 Å². The highest BCUT2D eigenvalue weighted by Crippen LogP contribution is 2.23. The van der Waals surface area contributed by atoms with Crippen LogP contribution < -0.4 is 11.1 Å². The van der Waals surface area contributed by atoms with E-state index in [1.807, 2.05) is 24.3 Å². The number of nitrogens with one attached hydrogen (secondary N) is 1. The SMILES string of the molecule is CC(C)c1cnnc(Nc2ccc3ncc(-c4ccnc(N)n4)cc3n2)c1. The molecule has 0 spiro atoms. The lowest BCUT2D eigenvalue weighted by Gasteiger charge is -2.09. The molecule has 0 aliphatic rings. The standard InChI is InChI=1S/C19H18N8/c1-11(2)12-8-18(27-23-10-12)26-17-4-3-15-16(24-17)7-13(9-22-15)14-5-6-21-19(20)25-14/h3-11H,1-2H3,(H2,20,21,25)(H,24,26,27). The fraction of sp³-hybridized carbons (Fsp3) is 0.158. The fourth-order valence-corrected chi connectivity index (χ4v) is 2.64. The zero-order valence-corrected chi connectivity index (χ0v) is 15.0. The van der Waals surface area contributed by atoms with Crippen LogP contribution >= 0.6 is 0 Å². The van der Waals surface area contributed by atoms with E-state index in [0.717, 1.165) is 22.2 Å². The Morgan fingerprint density at radius 3 is 2.63 bits per heavy atom. The Hall–Kier alpha value is -3.68. The first kappa shape index (κ1) is 16.8. The number of rotatable bonds is 4. The van der Waals surface area contributed by atoms with E-state index in [0.29, 0.717) is 23.2 Å². The first-order valence-electron chi connectivity index (χ1n) is 8.54. The van der Waals surface area contributed by atoms with Crippen LogP contribution in [0.25, 0.3) is 22.3 Å². The highest BCUT2D eigenvalue weighted by atomic mass is 15.2. The molecule has 4 rings (SSSR count). The maximum atomic E-state index is 5.67. The Morgan fingerprint density at radius 2 is 1.81 bits per heavy atom. The van der Waals surface area contributed by atoms with Gasteiger partial charge < -0.3 is 11.1 Å². The number of nitrogens with zero attached hydrogens (tertiary/aromatic N) is 6. The van der Waals surface area contributed by atoms with E-state index in [9.17, 15) is 0 Å². The van der Waals surface area contributed by atoms with E-state index in [2.05, 4.69) is 49.3 Å². The molecule has 0 atom stereocenters. The van der Waals surface area contributed by atoms with Gasteiger partial charge in [-0.2, -0.15) is 5.10 Å². The first-order valence-corrected chi connectivity index (χ1v) is 8.54. The molecule has 4 aromatic heterocycles. The molecule has 8 nitrogen and oxygen atoms in total. The molecule has 0 aromatic carbocycles. The van der Waals surface area contributed by atoms with Gasteiger partial charge in [0.15, 0.2) is 5.82 Å². The van der Waals surface area contributed by atoms with Gasteiger partial charge in [0.05, 0.1) is 22.9 Å². The highest BCUT2D eigenvalue weighted by molar-refractivity contribution is 5.81. The molecule has 0 saturated carbocycles. The lowest BCUT2D eigenvalue weighted by molar-refractivity contribution is 0.843. The number of anilines is 3. The van der Waals surface area contributed by atoms with Crippen LogP contribution in [0.15, 0.2) is 48.9 Å². The fourth-order valence-electron chi connectivity index (χ4n) is 2.64. The molecule has 0 radical (unpaired) electrons. The van der Waals surface area contributed by atoms with Gasteiger partial charge in [-0.3, -0.25) is 4.98 Å². The van der Waals surface area contributed by atoms with Crippen LogP contribution in [0.2, 0.25) is 0 Å². The number of fused-ring (bicyclic) bond motifs is 1. The van der Waals surface area contributed by atoms with Crippen molar-refractivity contribution >= 4 is 28.6 Å². The number of nitrogen functional groups attached to an aromatic ring is 1. The van der Waals surface area contributed by atoms with E-state index in [-0.39, 0.29) is 5.95 Å². The van der Waals surface area contributed by atoms with Crippen LogP contribution in [0.3, 0.4) is 0 Å². The largest absolute Gasteiger partial charge is 0.368 e. The van der Waals surface area contributed by atoms with Crippen molar-refractivity contribution in [1.29, 1.82) is 0 Å². The Kier molecular flexibility index (Phi) is 4.29. The third kappa shape index (κ3) is 3.64. The smallest absolute Gasteiger partial charge is 0.220 e. The number of nitrogens with two attached hydrogens (primary N) is 1. The Balaban J connectivity index is 1.68. The molecule has 0 aliphatic carbocycles. The summed E-state index contributed by atoms with van der Waals surface area (Å²) in [6.07, 6.45) is 5.14. The predicted molar refractivity (Wildman–Crippen MR) is 104 cm³/mol. The number of hydrogen-bond donors (Lipinski definition) is 2. The summed E-state index contributed by atoms with van der Waals surface area (Å²) < 4.78 is 0. The third-order valence-corrected chi connectivity index (χ3v) is 4.11. The van der Waals surface area contributed by atoms with Crippen LogP contribution in [0, 0.1) is 0 Å². The van der Waals surface area contributed by atoms with Gasteiger partial charge in [-0.25, -0.2) is 15.0 Å². The molecule has 27 heavy (non-hydrogen) atoms. The number of pyridine rings is 2. The minimum Gasteiger partial charge on any atom is -0.368 e. The molecule has 0 bridgehead atoms. The van der Waals surface area contributed by atoms with Gasteiger partial charge in [-0.15, -0.1) is 5.10 Å². The molecular formula is C19H18N8. The van der Waals surface area contributed by atoms with E-state index in [1.54, 1.807) is 24.7 Å². The van der Waals surface area contributed by atoms with Crippen molar-refractivity contribution in [2.24, 2.45) is 0 Å². The maximum Gasteiger partial charge on any atom is 0.220 e. The molecule has 0 amide bonds. The zero-order valence-electron chi connectivity index (χ0n) is 15.0. The van der Waals surface area contributed by atoms with Crippen LogP contribution in [-0.2, 0) is 0 Å². The Bertz CT molecular complexity index is 1110. The predicted octanol–water partition coefficient (Wildman–Crippen LogP) is 3.33. The normalized spacial score (nSPS) is 11.1. The summed E-state index contributed by atoms with van der Waals surface area (Å²) in [6, 6.07) is 9.45. The molecule has 0 aliphatic heterocycles. The summed E-state index contributed by atoms with van der Waals surface area (Å²) >= 11 is 0.